The summed E-state index contributed by atoms with van der Waals surface area (Å²) in [5, 5.41) is 3.10. The van der Waals surface area contributed by atoms with E-state index in [-0.39, 0.29) is 17.9 Å². The first-order valence-electron chi connectivity index (χ1n) is 11.0. The molecule has 1 N–H and O–H groups in total. The Morgan fingerprint density at radius 1 is 0.879 bits per heavy atom. The van der Waals surface area contributed by atoms with Gasteiger partial charge in [-0.15, -0.1) is 0 Å². The highest BCUT2D eigenvalue weighted by atomic mass is 16.5. The minimum absolute atomic E-state index is 0.00271. The highest BCUT2D eigenvalue weighted by Crippen LogP contribution is 2.24. The number of piperidine rings is 1. The maximum atomic E-state index is 13.0. The molecule has 2 aromatic carbocycles. The lowest BCUT2D eigenvalue weighted by Crippen LogP contribution is -2.46. The number of likely N-dealkylation sites (tertiary alicyclic amines) is 1. The first-order chi connectivity index (χ1) is 15.9. The third-order valence-corrected chi connectivity index (χ3v) is 6.05. The van der Waals surface area contributed by atoms with Crippen LogP contribution in [0.2, 0.25) is 0 Å². The number of hydrogen-bond acceptors (Lipinski definition) is 6. The second kappa shape index (κ2) is 9.44. The van der Waals surface area contributed by atoms with Gasteiger partial charge in [-0.25, -0.2) is 9.97 Å². The summed E-state index contributed by atoms with van der Waals surface area (Å²) in [6.07, 6.45) is 1.37. The van der Waals surface area contributed by atoms with Crippen LogP contribution in [0.25, 0.3) is 11.0 Å². The number of aromatic nitrogens is 2. The Morgan fingerprint density at radius 3 is 2.09 bits per heavy atom. The van der Waals surface area contributed by atoms with Gasteiger partial charge in [-0.05, 0) is 57.0 Å². The first-order valence-corrected chi connectivity index (χ1v) is 11.0. The van der Waals surface area contributed by atoms with Crippen LogP contribution in [0.15, 0.2) is 36.4 Å². The molecule has 1 fully saturated rings. The lowest BCUT2D eigenvalue weighted by atomic mass is 10.0. The van der Waals surface area contributed by atoms with E-state index in [1.807, 2.05) is 19.9 Å². The van der Waals surface area contributed by atoms with E-state index in [0.717, 1.165) is 16.9 Å². The number of carbonyl (C=O) groups excluding carboxylic acids is 2. The quantitative estimate of drug-likeness (QED) is 0.644. The fourth-order valence-electron chi connectivity index (χ4n) is 3.98. The van der Waals surface area contributed by atoms with Gasteiger partial charge in [0.05, 0.1) is 36.6 Å². The standard InChI is InChI=1S/C25H28N4O4/c1-15-16(2)27-23-13-17(5-6-22(23)26-15)24(30)28-19-7-9-29(10-8-19)25(31)18-11-20(32-3)14-21(12-18)33-4/h5-6,11-14,19H,7-10H2,1-4H3,(H,28,30). The number of carbonyl (C=O) groups is 2. The Kier molecular flexibility index (Phi) is 6.44. The van der Waals surface area contributed by atoms with Gasteiger partial charge in [0.25, 0.3) is 11.8 Å². The Balaban J connectivity index is 1.38. The van der Waals surface area contributed by atoms with Gasteiger partial charge in [-0.3, -0.25) is 9.59 Å². The van der Waals surface area contributed by atoms with E-state index >= 15 is 0 Å². The van der Waals surface area contributed by atoms with Crippen LogP contribution in [-0.4, -0.2) is 60.0 Å². The number of aryl methyl sites for hydroxylation is 2. The van der Waals surface area contributed by atoms with Crippen molar-refractivity contribution in [3.05, 3.63) is 58.9 Å². The van der Waals surface area contributed by atoms with Crippen LogP contribution in [0.4, 0.5) is 0 Å². The molecule has 0 bridgehead atoms. The lowest BCUT2D eigenvalue weighted by molar-refractivity contribution is 0.0697. The molecule has 0 radical (unpaired) electrons. The normalized spacial score (nSPS) is 14.2. The van der Waals surface area contributed by atoms with Crippen LogP contribution in [-0.2, 0) is 0 Å². The van der Waals surface area contributed by atoms with Crippen molar-refractivity contribution in [1.82, 2.24) is 20.2 Å². The average molecular weight is 449 g/mol. The van der Waals surface area contributed by atoms with Crippen LogP contribution in [0, 0.1) is 13.8 Å². The summed E-state index contributed by atoms with van der Waals surface area (Å²) in [6.45, 7) is 4.95. The molecule has 0 aliphatic carbocycles. The van der Waals surface area contributed by atoms with Crippen LogP contribution in [0.5, 0.6) is 11.5 Å². The Morgan fingerprint density at radius 2 is 1.48 bits per heavy atom. The van der Waals surface area contributed by atoms with Crippen molar-refractivity contribution in [2.75, 3.05) is 27.3 Å². The van der Waals surface area contributed by atoms with Crippen LogP contribution in [0.1, 0.15) is 44.9 Å². The fraction of sp³-hybridized carbons (Fsp3) is 0.360. The van der Waals surface area contributed by atoms with Gasteiger partial charge in [-0.1, -0.05) is 0 Å². The number of hydrogen-bond donors (Lipinski definition) is 1. The van der Waals surface area contributed by atoms with E-state index in [4.69, 9.17) is 9.47 Å². The number of nitrogens with zero attached hydrogens (tertiary/aromatic N) is 3. The number of amides is 2. The van der Waals surface area contributed by atoms with Gasteiger partial charge in [0.1, 0.15) is 11.5 Å². The fourth-order valence-corrected chi connectivity index (χ4v) is 3.98. The summed E-state index contributed by atoms with van der Waals surface area (Å²) in [4.78, 5) is 36.7. The average Bonchev–Trinajstić information content (AvgIpc) is 2.84. The van der Waals surface area contributed by atoms with E-state index in [9.17, 15) is 9.59 Å². The Bertz CT molecular complexity index is 1180. The topological polar surface area (TPSA) is 93.7 Å². The smallest absolute Gasteiger partial charge is 0.254 e. The molecule has 3 aromatic rings. The molecule has 1 aliphatic heterocycles. The molecule has 4 rings (SSSR count). The van der Waals surface area contributed by atoms with Crippen molar-refractivity contribution in [3.8, 4) is 11.5 Å². The monoisotopic (exact) mass is 448 g/mol. The summed E-state index contributed by atoms with van der Waals surface area (Å²) in [6, 6.07) is 10.5. The van der Waals surface area contributed by atoms with Gasteiger partial charge < -0.3 is 19.7 Å². The van der Waals surface area contributed by atoms with Crippen molar-refractivity contribution in [2.24, 2.45) is 0 Å². The van der Waals surface area contributed by atoms with E-state index in [2.05, 4.69) is 15.3 Å². The first kappa shape index (κ1) is 22.5. The maximum absolute atomic E-state index is 13.0. The molecule has 0 unspecified atom stereocenters. The van der Waals surface area contributed by atoms with Crippen molar-refractivity contribution in [3.63, 3.8) is 0 Å². The van der Waals surface area contributed by atoms with Gasteiger partial charge >= 0.3 is 0 Å². The number of rotatable bonds is 5. The number of benzene rings is 2. The maximum Gasteiger partial charge on any atom is 0.254 e. The Labute approximate surface area is 192 Å². The Hall–Kier alpha value is -3.68. The third kappa shape index (κ3) is 4.89. The van der Waals surface area contributed by atoms with Crippen LogP contribution >= 0.6 is 0 Å². The summed E-state index contributed by atoms with van der Waals surface area (Å²) < 4.78 is 10.5. The molecule has 0 spiro atoms. The molecule has 0 saturated carbocycles. The van der Waals surface area contributed by atoms with Crippen molar-refractivity contribution in [1.29, 1.82) is 0 Å². The number of nitrogens with one attached hydrogen (secondary N) is 1. The van der Waals surface area contributed by atoms with E-state index < -0.39 is 0 Å². The zero-order valence-electron chi connectivity index (χ0n) is 19.3. The van der Waals surface area contributed by atoms with Crippen molar-refractivity contribution in [2.45, 2.75) is 32.7 Å². The molecule has 2 amide bonds. The summed E-state index contributed by atoms with van der Waals surface area (Å²) in [5.41, 5.74) is 4.30. The number of methoxy groups -OCH3 is 2. The number of ether oxygens (including phenoxy) is 2. The van der Waals surface area contributed by atoms with Crippen molar-refractivity contribution >= 4 is 22.8 Å². The van der Waals surface area contributed by atoms with Crippen LogP contribution in [0.3, 0.4) is 0 Å². The highest BCUT2D eigenvalue weighted by molar-refractivity contribution is 5.97. The van der Waals surface area contributed by atoms with Gasteiger partial charge in [0, 0.05) is 36.3 Å². The van der Waals surface area contributed by atoms with Gasteiger partial charge in [0.15, 0.2) is 0 Å². The van der Waals surface area contributed by atoms with Gasteiger partial charge in [0.2, 0.25) is 0 Å². The second-order valence-corrected chi connectivity index (χ2v) is 8.24. The third-order valence-electron chi connectivity index (χ3n) is 6.05. The van der Waals surface area contributed by atoms with E-state index in [1.165, 1.54) is 0 Å². The molecule has 8 heteroatoms. The molecule has 2 heterocycles. The molecule has 1 aliphatic rings. The minimum atomic E-state index is -0.140. The molecule has 1 saturated heterocycles. The summed E-state index contributed by atoms with van der Waals surface area (Å²) >= 11 is 0. The predicted octanol–water partition coefficient (Wildman–Crippen LogP) is 3.30. The SMILES string of the molecule is COc1cc(OC)cc(C(=O)N2CCC(NC(=O)c3ccc4nc(C)c(C)nc4c3)CC2)c1. The zero-order chi connectivity index (χ0) is 23.5. The van der Waals surface area contributed by atoms with Crippen LogP contribution < -0.4 is 14.8 Å². The minimum Gasteiger partial charge on any atom is -0.497 e. The summed E-state index contributed by atoms with van der Waals surface area (Å²) in [5.74, 6) is 0.936. The summed E-state index contributed by atoms with van der Waals surface area (Å²) in [7, 11) is 3.11. The van der Waals surface area contributed by atoms with E-state index in [1.54, 1.807) is 49.5 Å². The molecule has 33 heavy (non-hydrogen) atoms. The molecule has 8 nitrogen and oxygen atoms in total. The largest absolute Gasteiger partial charge is 0.497 e. The number of fused-ring (bicyclic) bond motifs is 1. The van der Waals surface area contributed by atoms with Crippen molar-refractivity contribution < 1.29 is 19.1 Å². The lowest BCUT2D eigenvalue weighted by Gasteiger charge is -2.32. The molecule has 172 valence electrons. The predicted molar refractivity (Wildman–Crippen MR) is 125 cm³/mol. The van der Waals surface area contributed by atoms with E-state index in [0.29, 0.717) is 54.1 Å². The second-order valence-electron chi connectivity index (χ2n) is 8.24. The van der Waals surface area contributed by atoms with Gasteiger partial charge in [-0.2, -0.15) is 0 Å². The highest BCUT2D eigenvalue weighted by Gasteiger charge is 2.25. The molecule has 1 aromatic heterocycles. The zero-order valence-corrected chi connectivity index (χ0v) is 19.3. The molecular formula is C25H28N4O4. The molecule has 0 atom stereocenters. The molecular weight excluding hydrogens is 420 g/mol.